The molecule has 2 atom stereocenters. The van der Waals surface area contributed by atoms with Gasteiger partial charge in [-0.1, -0.05) is 24.3 Å². The highest BCUT2D eigenvalue weighted by molar-refractivity contribution is 5.74. The van der Waals surface area contributed by atoms with Gasteiger partial charge >= 0.3 is 0 Å². The van der Waals surface area contributed by atoms with Crippen LogP contribution in [-0.4, -0.2) is 57.4 Å². The minimum Gasteiger partial charge on any atom is -0.393 e. The number of hydrogen-bond acceptors (Lipinski definition) is 5. The molecule has 0 saturated carbocycles. The molecule has 6 nitrogen and oxygen atoms in total. The molecule has 1 N–H and O–H groups in total. The van der Waals surface area contributed by atoms with Crippen LogP contribution >= 0.6 is 0 Å². The maximum Gasteiger partial charge on any atom is 0.164 e. The van der Waals surface area contributed by atoms with Gasteiger partial charge in [-0.15, -0.1) is 5.10 Å². The van der Waals surface area contributed by atoms with E-state index in [1.165, 1.54) is 0 Å². The van der Waals surface area contributed by atoms with Crippen molar-refractivity contribution in [1.82, 2.24) is 19.9 Å². The summed E-state index contributed by atoms with van der Waals surface area (Å²) in [5, 5.41) is 18.6. The van der Waals surface area contributed by atoms with Crippen LogP contribution in [0.25, 0.3) is 11.0 Å². The summed E-state index contributed by atoms with van der Waals surface area (Å²) in [6.45, 7) is 5.08. The van der Waals surface area contributed by atoms with E-state index in [0.717, 1.165) is 30.5 Å². The van der Waals surface area contributed by atoms with Crippen LogP contribution in [0.1, 0.15) is 13.3 Å². The monoisotopic (exact) mass is 288 g/mol. The number of likely N-dealkylation sites (tertiary alicyclic amines) is 1. The zero-order valence-corrected chi connectivity index (χ0v) is 12.1. The molecule has 0 spiro atoms. The quantitative estimate of drug-likeness (QED) is 0.886. The molecule has 6 heteroatoms. The molecule has 4 rings (SSSR count). The number of aliphatic hydroxyl groups is 1. The molecule has 1 aromatic heterocycles. The molecule has 0 radical (unpaired) electrons. The lowest BCUT2D eigenvalue weighted by Gasteiger charge is -2.52. The predicted octanol–water partition coefficient (Wildman–Crippen LogP) is 0.817. The van der Waals surface area contributed by atoms with Crippen LogP contribution in [0.4, 0.5) is 0 Å². The summed E-state index contributed by atoms with van der Waals surface area (Å²) in [5.74, 6) is 0.269. The molecule has 3 heterocycles. The van der Waals surface area contributed by atoms with Gasteiger partial charge < -0.3 is 9.84 Å². The number of aliphatic hydroxyl groups excluding tert-OH is 1. The zero-order chi connectivity index (χ0) is 14.4. The van der Waals surface area contributed by atoms with Crippen molar-refractivity contribution in [2.24, 2.45) is 5.92 Å². The third-order valence-corrected chi connectivity index (χ3v) is 4.86. The van der Waals surface area contributed by atoms with Crippen LogP contribution in [0.5, 0.6) is 0 Å². The molecule has 21 heavy (non-hydrogen) atoms. The molecule has 0 unspecified atom stereocenters. The fourth-order valence-corrected chi connectivity index (χ4v) is 3.41. The first-order valence-corrected chi connectivity index (χ1v) is 7.52. The lowest BCUT2D eigenvalue weighted by atomic mass is 9.92. The molecular formula is C15H20N4O2. The van der Waals surface area contributed by atoms with Crippen molar-refractivity contribution in [2.75, 3.05) is 26.3 Å². The zero-order valence-electron chi connectivity index (χ0n) is 12.1. The number of aromatic nitrogens is 3. The van der Waals surface area contributed by atoms with Crippen molar-refractivity contribution >= 4 is 11.0 Å². The normalized spacial score (nSPS) is 29.4. The lowest BCUT2D eigenvalue weighted by molar-refractivity contribution is -0.207. The van der Waals surface area contributed by atoms with E-state index in [4.69, 9.17) is 4.74 Å². The molecule has 0 amide bonds. The second-order valence-corrected chi connectivity index (χ2v) is 6.24. The molecule has 112 valence electrons. The van der Waals surface area contributed by atoms with E-state index in [1.54, 1.807) is 0 Å². The molecular weight excluding hydrogens is 268 g/mol. The molecule has 2 saturated heterocycles. The van der Waals surface area contributed by atoms with E-state index in [0.29, 0.717) is 13.2 Å². The third kappa shape index (κ3) is 1.90. The topological polar surface area (TPSA) is 63.4 Å². The number of para-hydroxylation sites is 1. The van der Waals surface area contributed by atoms with Crippen LogP contribution in [0.15, 0.2) is 24.3 Å². The highest BCUT2D eigenvalue weighted by Gasteiger charge is 2.49. The number of hydrogen-bond donors (Lipinski definition) is 1. The van der Waals surface area contributed by atoms with Gasteiger partial charge in [-0.2, -0.15) is 0 Å². The molecule has 1 aromatic carbocycles. The van der Waals surface area contributed by atoms with E-state index in [9.17, 15) is 5.11 Å². The Balaban J connectivity index is 1.73. The first-order valence-electron chi connectivity index (χ1n) is 7.52. The van der Waals surface area contributed by atoms with E-state index >= 15 is 0 Å². The number of nitrogens with zero attached hydrogens (tertiary/aromatic N) is 4. The number of benzene rings is 1. The Morgan fingerprint density at radius 2 is 2.14 bits per heavy atom. The summed E-state index contributed by atoms with van der Waals surface area (Å²) >= 11 is 0. The van der Waals surface area contributed by atoms with Gasteiger partial charge in [0, 0.05) is 13.1 Å². The summed E-state index contributed by atoms with van der Waals surface area (Å²) in [6, 6.07) is 8.02. The average molecular weight is 288 g/mol. The van der Waals surface area contributed by atoms with Crippen LogP contribution in [0.3, 0.4) is 0 Å². The molecule has 0 aliphatic carbocycles. The van der Waals surface area contributed by atoms with Gasteiger partial charge in [0.05, 0.1) is 24.8 Å². The van der Waals surface area contributed by atoms with Crippen molar-refractivity contribution in [2.45, 2.75) is 25.1 Å². The predicted molar refractivity (Wildman–Crippen MR) is 77.7 cm³/mol. The molecule has 2 aliphatic rings. The fraction of sp³-hybridized carbons (Fsp3) is 0.600. The Kier molecular flexibility index (Phi) is 2.99. The first-order chi connectivity index (χ1) is 10.2. The average Bonchev–Trinajstić information content (AvgIpc) is 2.86. The number of ether oxygens (including phenoxy) is 1. The van der Waals surface area contributed by atoms with E-state index < -0.39 is 0 Å². The van der Waals surface area contributed by atoms with Crippen LogP contribution in [-0.2, 0) is 10.4 Å². The maximum atomic E-state index is 9.96. The van der Waals surface area contributed by atoms with Gasteiger partial charge in [-0.3, -0.25) is 4.90 Å². The van der Waals surface area contributed by atoms with Gasteiger partial charge in [-0.05, 0) is 24.5 Å². The van der Waals surface area contributed by atoms with Crippen molar-refractivity contribution < 1.29 is 9.84 Å². The standard InChI is InChI=1S/C15H20N4O2/c1-11-8-18(7-6-14(11)20)15(9-21-10-15)19-13-5-3-2-4-12(13)16-17-19/h2-5,11,14,20H,6-10H2,1H3/t11-,14+/m1/s1. The van der Waals surface area contributed by atoms with Crippen molar-refractivity contribution in [3.05, 3.63) is 24.3 Å². The van der Waals surface area contributed by atoms with Gasteiger partial charge in [0.25, 0.3) is 0 Å². The van der Waals surface area contributed by atoms with Gasteiger partial charge in [0.2, 0.25) is 0 Å². The fourth-order valence-electron chi connectivity index (χ4n) is 3.41. The minimum atomic E-state index is -0.246. The van der Waals surface area contributed by atoms with E-state index in [1.807, 2.05) is 22.9 Å². The second-order valence-electron chi connectivity index (χ2n) is 6.24. The van der Waals surface area contributed by atoms with Crippen LogP contribution < -0.4 is 0 Å². The van der Waals surface area contributed by atoms with E-state index in [2.05, 4.69) is 28.2 Å². The third-order valence-electron chi connectivity index (χ3n) is 4.86. The Morgan fingerprint density at radius 1 is 1.33 bits per heavy atom. The van der Waals surface area contributed by atoms with Gasteiger partial charge in [0.1, 0.15) is 5.52 Å². The van der Waals surface area contributed by atoms with Gasteiger partial charge in [0.15, 0.2) is 5.66 Å². The summed E-state index contributed by atoms with van der Waals surface area (Å²) in [7, 11) is 0. The van der Waals surface area contributed by atoms with Crippen LogP contribution in [0.2, 0.25) is 0 Å². The summed E-state index contributed by atoms with van der Waals surface area (Å²) in [4.78, 5) is 2.40. The maximum absolute atomic E-state index is 9.96. The highest BCUT2D eigenvalue weighted by Crippen LogP contribution is 2.35. The Hall–Kier alpha value is -1.50. The first kappa shape index (κ1) is 13.2. The second kappa shape index (κ2) is 4.76. The van der Waals surface area contributed by atoms with Crippen molar-refractivity contribution in [3.8, 4) is 0 Å². The Bertz CT molecular complexity index is 652. The minimum absolute atomic E-state index is 0.202. The van der Waals surface area contributed by atoms with Crippen LogP contribution in [0, 0.1) is 5.92 Å². The number of piperidine rings is 1. The van der Waals surface area contributed by atoms with E-state index in [-0.39, 0.29) is 17.7 Å². The van der Waals surface area contributed by atoms with Crippen molar-refractivity contribution in [1.29, 1.82) is 0 Å². The molecule has 2 aromatic rings. The Morgan fingerprint density at radius 3 is 2.86 bits per heavy atom. The number of rotatable bonds is 2. The van der Waals surface area contributed by atoms with Gasteiger partial charge in [-0.25, -0.2) is 4.68 Å². The Labute approximate surface area is 123 Å². The summed E-state index contributed by atoms with van der Waals surface area (Å²) in [5.41, 5.74) is 1.71. The summed E-state index contributed by atoms with van der Waals surface area (Å²) < 4.78 is 7.54. The number of fused-ring (bicyclic) bond motifs is 1. The lowest BCUT2D eigenvalue weighted by Crippen LogP contribution is -2.66. The van der Waals surface area contributed by atoms with Crippen molar-refractivity contribution in [3.63, 3.8) is 0 Å². The summed E-state index contributed by atoms with van der Waals surface area (Å²) in [6.07, 6.45) is 0.599. The highest BCUT2D eigenvalue weighted by atomic mass is 16.5. The SMILES string of the molecule is C[C@@H]1CN(C2(n3nnc4ccccc43)COC2)CC[C@@H]1O. The molecule has 0 bridgehead atoms. The smallest absolute Gasteiger partial charge is 0.164 e. The molecule has 2 fully saturated rings. The largest absolute Gasteiger partial charge is 0.393 e. The molecule has 2 aliphatic heterocycles.